The van der Waals surface area contributed by atoms with E-state index < -0.39 is 26.7 Å². The van der Waals surface area contributed by atoms with Gasteiger partial charge in [0.1, 0.15) is 0 Å². The van der Waals surface area contributed by atoms with Crippen molar-refractivity contribution in [3.05, 3.63) is 99.5 Å². The highest BCUT2D eigenvalue weighted by Crippen LogP contribution is 2.25. The molecule has 0 fully saturated rings. The molecule has 53 heavy (non-hydrogen) atoms. The first-order chi connectivity index (χ1) is 24.2. The summed E-state index contributed by atoms with van der Waals surface area (Å²) in [6.45, 7) is 26.4. The van der Waals surface area contributed by atoms with Gasteiger partial charge < -0.3 is 14.2 Å². The van der Waals surface area contributed by atoms with Crippen molar-refractivity contribution >= 4 is 49.9 Å². The zero-order valence-corrected chi connectivity index (χ0v) is 38.0. The third kappa shape index (κ3) is 19.8. The third-order valence-electron chi connectivity index (χ3n) is 8.88. The van der Waals surface area contributed by atoms with E-state index in [9.17, 15) is 8.42 Å². The largest absolute Gasteiger partial charge is 0.416 e. The highest BCUT2D eigenvalue weighted by Gasteiger charge is 2.34. The van der Waals surface area contributed by atoms with E-state index in [1.807, 2.05) is 55.5 Å². The highest BCUT2D eigenvalue weighted by atomic mass is 35.5. The van der Waals surface area contributed by atoms with Gasteiger partial charge in [-0.1, -0.05) is 113 Å². The van der Waals surface area contributed by atoms with Crippen molar-refractivity contribution in [2.45, 2.75) is 124 Å². The number of halogens is 2. The van der Waals surface area contributed by atoms with E-state index in [2.05, 4.69) is 84.4 Å². The van der Waals surface area contributed by atoms with Gasteiger partial charge in [-0.3, -0.25) is 0 Å². The molecule has 3 aromatic rings. The number of benzene rings is 3. The van der Waals surface area contributed by atoms with Gasteiger partial charge in [0, 0.05) is 29.2 Å². The van der Waals surface area contributed by atoms with Crippen LogP contribution in [-0.2, 0) is 31.7 Å². The number of hydrogen-bond donors (Lipinski definition) is 1. The molecule has 0 radical (unpaired) electrons. The molecule has 3 aromatic carbocycles. The summed E-state index contributed by atoms with van der Waals surface area (Å²) in [7, 11) is -6.98. The summed E-state index contributed by atoms with van der Waals surface area (Å²) in [4.78, 5) is 0.329. The number of aryl methyl sites for hydroxylation is 1. The van der Waals surface area contributed by atoms with Gasteiger partial charge in [0.05, 0.1) is 17.5 Å². The van der Waals surface area contributed by atoms with E-state index >= 15 is 0 Å². The summed E-state index contributed by atoms with van der Waals surface area (Å²) < 4.78 is 41.5. The number of nitrogens with one attached hydrogen (secondary N) is 1. The number of sulfonamides is 1. The van der Waals surface area contributed by atoms with Crippen LogP contribution in [0.4, 0.5) is 0 Å². The maximum Gasteiger partial charge on any atom is 0.243 e. The molecule has 0 saturated carbocycles. The lowest BCUT2D eigenvalue weighted by atomic mass is 10.0. The minimum absolute atomic E-state index is 0. The lowest BCUT2D eigenvalue weighted by Crippen LogP contribution is -2.47. The predicted octanol–water partition coefficient (Wildman–Crippen LogP) is 11.5. The van der Waals surface area contributed by atoms with Gasteiger partial charge in [-0.2, -0.15) is 4.31 Å². The molecule has 0 aromatic heterocycles. The standard InChI is InChI=1S/C24H36ClNO3SSi.C17H30ClNOSi.CH4/c1-7-19(2)17-26(30(27,28)24-14-8-20(3)9-15-24)23(18-29-31(4,5)6)16-21-10-12-22(25)13-11-21;1-6-14(2)12-19-17(13-20-21(3,4)5)11-15-7-9-16(18)10-8-15;/h8-15,19,23H,7,16-18H2,1-6H3;7-10,14,17,19H,6,11-13H2,1-5H3;1H4/t19-,23?;14-,17?;/m11./s1. The van der Waals surface area contributed by atoms with Crippen LogP contribution < -0.4 is 5.32 Å². The molecule has 3 rings (SSSR count). The second-order valence-corrected chi connectivity index (χ2v) is 28.0. The van der Waals surface area contributed by atoms with Crippen LogP contribution in [0.5, 0.6) is 0 Å². The number of nitrogens with zero attached hydrogens (tertiary/aromatic N) is 1. The zero-order chi connectivity index (χ0) is 39.1. The zero-order valence-electron chi connectivity index (χ0n) is 33.6. The Morgan fingerprint density at radius 2 is 1.15 bits per heavy atom. The Morgan fingerprint density at radius 1 is 0.698 bits per heavy atom. The molecule has 11 heteroatoms. The van der Waals surface area contributed by atoms with Crippen LogP contribution >= 0.6 is 23.2 Å². The Morgan fingerprint density at radius 3 is 1.60 bits per heavy atom. The van der Waals surface area contributed by atoms with E-state index in [4.69, 9.17) is 32.1 Å². The second kappa shape index (κ2) is 23.5. The smallest absolute Gasteiger partial charge is 0.243 e. The van der Waals surface area contributed by atoms with Crippen molar-refractivity contribution < 1.29 is 17.3 Å². The minimum Gasteiger partial charge on any atom is -0.416 e. The van der Waals surface area contributed by atoms with Gasteiger partial charge in [0.2, 0.25) is 10.0 Å². The van der Waals surface area contributed by atoms with Crippen LogP contribution in [0.2, 0.25) is 49.3 Å². The average molecular weight is 826 g/mol. The summed E-state index contributed by atoms with van der Waals surface area (Å²) in [6.07, 6.45) is 3.67. The van der Waals surface area contributed by atoms with Gasteiger partial charge in [0.25, 0.3) is 0 Å². The summed E-state index contributed by atoms with van der Waals surface area (Å²) >= 11 is 12.0. The van der Waals surface area contributed by atoms with Gasteiger partial charge in [-0.05, 0) is 125 Å². The van der Waals surface area contributed by atoms with Crippen LogP contribution in [0.15, 0.2) is 77.7 Å². The minimum atomic E-state index is -3.68. The molecule has 4 atom stereocenters. The van der Waals surface area contributed by atoms with Gasteiger partial charge in [-0.25, -0.2) is 8.42 Å². The molecule has 1 N–H and O–H groups in total. The first-order valence-corrected chi connectivity index (χ1v) is 27.8. The molecule has 300 valence electrons. The Labute approximate surface area is 336 Å². The Balaban J connectivity index is 0.000000559. The molecule has 0 amide bonds. The summed E-state index contributed by atoms with van der Waals surface area (Å²) in [5, 5.41) is 5.13. The Bertz CT molecular complexity index is 1550. The van der Waals surface area contributed by atoms with Crippen LogP contribution in [0.3, 0.4) is 0 Å². The molecule has 0 spiro atoms. The lowest BCUT2D eigenvalue weighted by molar-refractivity contribution is 0.184. The fourth-order valence-electron chi connectivity index (χ4n) is 5.17. The quantitative estimate of drug-likeness (QED) is 0.115. The second-order valence-electron chi connectivity index (χ2n) is 16.2. The normalized spacial score (nSPS) is 14.5. The van der Waals surface area contributed by atoms with Crippen LogP contribution in [0, 0.1) is 18.8 Å². The molecule has 0 aliphatic carbocycles. The summed E-state index contributed by atoms with van der Waals surface area (Å²) in [5.74, 6) is 0.935. The summed E-state index contributed by atoms with van der Waals surface area (Å²) in [5.41, 5.74) is 3.38. The van der Waals surface area contributed by atoms with Crippen molar-refractivity contribution in [3.63, 3.8) is 0 Å². The van der Waals surface area contributed by atoms with Gasteiger partial charge in [0.15, 0.2) is 16.6 Å². The fourth-order valence-corrected chi connectivity index (χ4v) is 8.54. The molecule has 0 aliphatic rings. The fraction of sp³-hybridized carbons (Fsp3) is 0.571. The molecule has 0 saturated heterocycles. The number of rotatable bonds is 20. The monoisotopic (exact) mass is 824 g/mol. The first kappa shape index (κ1) is 49.5. The van der Waals surface area contributed by atoms with Crippen molar-refractivity contribution in [3.8, 4) is 0 Å². The third-order valence-corrected chi connectivity index (χ3v) is 13.4. The lowest BCUT2D eigenvalue weighted by Gasteiger charge is -2.34. The molecule has 0 bridgehead atoms. The SMILES string of the molecule is C.CC[C@@H](C)CN(C(CO[Si](C)(C)C)Cc1ccc(Cl)cc1)S(=O)(=O)c1ccc(C)cc1.CC[C@@H](C)CNC(CO[Si](C)(C)C)Cc1ccc(Cl)cc1. The van der Waals surface area contributed by atoms with Crippen molar-refractivity contribution in [1.82, 2.24) is 9.62 Å². The van der Waals surface area contributed by atoms with E-state index in [0.29, 0.717) is 41.5 Å². The van der Waals surface area contributed by atoms with E-state index in [1.54, 1.807) is 16.4 Å². The molecule has 6 nitrogen and oxygen atoms in total. The van der Waals surface area contributed by atoms with Crippen molar-refractivity contribution in [1.29, 1.82) is 0 Å². The van der Waals surface area contributed by atoms with Crippen molar-refractivity contribution in [2.75, 3.05) is 26.3 Å². The highest BCUT2D eigenvalue weighted by molar-refractivity contribution is 7.89. The van der Waals surface area contributed by atoms with Gasteiger partial charge >= 0.3 is 0 Å². The van der Waals surface area contributed by atoms with Gasteiger partial charge in [-0.15, -0.1) is 0 Å². The molecular weight excluding hydrogens is 756 g/mol. The van der Waals surface area contributed by atoms with Crippen LogP contribution in [0.25, 0.3) is 0 Å². The van der Waals surface area contributed by atoms with E-state index in [-0.39, 0.29) is 19.4 Å². The Kier molecular flexibility index (Phi) is 22.0. The average Bonchev–Trinajstić information content (AvgIpc) is 3.08. The Hall–Kier alpha value is -1.54. The molecule has 2 unspecified atom stereocenters. The van der Waals surface area contributed by atoms with Crippen molar-refractivity contribution in [2.24, 2.45) is 11.8 Å². The molecular formula is C42H70Cl2N2O4SSi2. The van der Waals surface area contributed by atoms with Crippen LogP contribution in [0.1, 0.15) is 64.7 Å². The molecule has 0 heterocycles. The van der Waals surface area contributed by atoms with E-state index in [0.717, 1.165) is 42.1 Å². The number of hydrogen-bond acceptors (Lipinski definition) is 5. The maximum atomic E-state index is 13.8. The topological polar surface area (TPSA) is 67.9 Å². The van der Waals surface area contributed by atoms with Crippen LogP contribution in [-0.4, -0.2) is 67.7 Å². The van der Waals surface area contributed by atoms with E-state index in [1.165, 1.54) is 12.0 Å². The first-order valence-electron chi connectivity index (χ1n) is 18.8. The summed E-state index contributed by atoms with van der Waals surface area (Å²) in [6, 6.07) is 22.9. The maximum absolute atomic E-state index is 13.8. The molecule has 0 aliphatic heterocycles. The predicted molar refractivity (Wildman–Crippen MR) is 235 cm³/mol.